The van der Waals surface area contributed by atoms with Crippen LogP contribution >= 0.6 is 7.82 Å². The van der Waals surface area contributed by atoms with Gasteiger partial charge in [-0.25, -0.2) is 4.57 Å². The lowest BCUT2D eigenvalue weighted by atomic mass is 10.1. The highest BCUT2D eigenvalue weighted by Crippen LogP contribution is 2.40. The van der Waals surface area contributed by atoms with Crippen molar-refractivity contribution < 1.29 is 38.9 Å². The molecule has 1 aliphatic rings. The number of phosphoric acid groups is 1. The fourth-order valence-electron chi connectivity index (χ4n) is 1.04. The predicted octanol–water partition coefficient (Wildman–Crippen LogP) is -2.12. The van der Waals surface area contributed by atoms with Crippen LogP contribution in [-0.4, -0.2) is 49.9 Å². The van der Waals surface area contributed by atoms with Crippen LogP contribution in [0.5, 0.6) is 0 Å². The minimum atomic E-state index is -4.74. The van der Waals surface area contributed by atoms with Gasteiger partial charge in [0, 0.05) is 6.42 Å². The molecule has 1 unspecified atom stereocenters. The van der Waals surface area contributed by atoms with Crippen LogP contribution in [0, 0.1) is 0 Å². The Bertz CT molecular complexity index is 226. The molecule has 0 amide bonds. The van der Waals surface area contributed by atoms with Crippen LogP contribution in [0.3, 0.4) is 0 Å². The average Bonchev–Trinajstić information content (AvgIpc) is 1.96. The maximum absolute atomic E-state index is 10.4. The van der Waals surface area contributed by atoms with Crippen molar-refractivity contribution in [2.24, 2.45) is 0 Å². The molecule has 0 bridgehead atoms. The number of aliphatic hydroxyl groups is 3. The summed E-state index contributed by atoms with van der Waals surface area (Å²) in [6.07, 6.45) is -6.36. The van der Waals surface area contributed by atoms with Crippen molar-refractivity contribution in [2.45, 2.75) is 31.2 Å². The van der Waals surface area contributed by atoms with Crippen molar-refractivity contribution in [1.82, 2.24) is 0 Å². The first-order valence-corrected chi connectivity index (χ1v) is 5.26. The van der Waals surface area contributed by atoms with Crippen LogP contribution in [0.4, 0.5) is 0 Å². The van der Waals surface area contributed by atoms with E-state index in [0.29, 0.717) is 0 Å². The summed E-state index contributed by atoms with van der Waals surface area (Å²) in [6.45, 7) is 0. The molecular formula is C5H11O8P. The van der Waals surface area contributed by atoms with Crippen LogP contribution < -0.4 is 0 Å². The van der Waals surface area contributed by atoms with E-state index in [4.69, 9.17) is 25.1 Å². The number of hydrogen-bond acceptors (Lipinski definition) is 6. The highest BCUT2D eigenvalue weighted by Gasteiger charge is 2.38. The summed E-state index contributed by atoms with van der Waals surface area (Å²) in [5.74, 6) is 0. The van der Waals surface area contributed by atoms with Gasteiger partial charge in [0.15, 0.2) is 12.6 Å². The molecule has 14 heavy (non-hydrogen) atoms. The van der Waals surface area contributed by atoms with Gasteiger partial charge in [-0.3, -0.25) is 4.52 Å². The fraction of sp³-hybridized carbons (Fsp3) is 1.00. The largest absolute Gasteiger partial charge is 0.471 e. The second kappa shape index (κ2) is 4.21. The Hall–Kier alpha value is -0.0500. The van der Waals surface area contributed by atoms with Gasteiger partial charge in [0.1, 0.15) is 6.10 Å². The third kappa shape index (κ3) is 3.26. The highest BCUT2D eigenvalue weighted by molar-refractivity contribution is 7.46. The molecule has 0 aromatic carbocycles. The van der Waals surface area contributed by atoms with Gasteiger partial charge in [-0.15, -0.1) is 0 Å². The number of ether oxygens (including phenoxy) is 1. The number of phosphoric ester groups is 1. The number of hydrogen-bond donors (Lipinski definition) is 5. The minimum absolute atomic E-state index is 0.330. The topological polar surface area (TPSA) is 137 Å². The van der Waals surface area contributed by atoms with Gasteiger partial charge in [0.05, 0.1) is 6.10 Å². The third-order valence-corrected chi connectivity index (χ3v) is 2.18. The molecule has 0 saturated carbocycles. The maximum atomic E-state index is 10.4. The molecule has 5 N–H and O–H groups in total. The van der Waals surface area contributed by atoms with Crippen LogP contribution in [0.25, 0.3) is 0 Å². The van der Waals surface area contributed by atoms with Gasteiger partial charge in [-0.1, -0.05) is 0 Å². The van der Waals surface area contributed by atoms with E-state index in [9.17, 15) is 4.57 Å². The average molecular weight is 230 g/mol. The van der Waals surface area contributed by atoms with Gasteiger partial charge >= 0.3 is 7.82 Å². The third-order valence-electron chi connectivity index (χ3n) is 1.67. The SMILES string of the molecule is O=P(O)(O)OC1C[C@@H](O)[C@@H](O)[C@@H](O)O1. The van der Waals surface area contributed by atoms with E-state index in [0.717, 1.165) is 0 Å². The lowest BCUT2D eigenvalue weighted by molar-refractivity contribution is -0.288. The predicted molar refractivity (Wildman–Crippen MR) is 40.6 cm³/mol. The molecule has 84 valence electrons. The molecule has 0 aromatic rings. The Morgan fingerprint density at radius 3 is 2.29 bits per heavy atom. The van der Waals surface area contributed by atoms with E-state index in [2.05, 4.69) is 9.26 Å². The monoisotopic (exact) mass is 230 g/mol. The van der Waals surface area contributed by atoms with E-state index in [-0.39, 0.29) is 6.42 Å². The highest BCUT2D eigenvalue weighted by atomic mass is 31.2. The van der Waals surface area contributed by atoms with Gasteiger partial charge in [-0.05, 0) is 0 Å². The quantitative estimate of drug-likeness (QED) is 0.339. The molecule has 4 atom stereocenters. The molecule has 9 heteroatoms. The molecular weight excluding hydrogens is 219 g/mol. The smallest absolute Gasteiger partial charge is 0.390 e. The first kappa shape index (κ1) is 12.0. The van der Waals surface area contributed by atoms with Crippen molar-refractivity contribution in [3.05, 3.63) is 0 Å². The van der Waals surface area contributed by atoms with E-state index in [1.54, 1.807) is 0 Å². The summed E-state index contributed by atoms with van der Waals surface area (Å²) in [5, 5.41) is 27.0. The molecule has 1 heterocycles. The molecule has 1 rings (SSSR count). The molecule has 8 nitrogen and oxygen atoms in total. The minimum Gasteiger partial charge on any atom is -0.390 e. The zero-order chi connectivity index (χ0) is 10.9. The second-order valence-electron chi connectivity index (χ2n) is 2.85. The summed E-state index contributed by atoms with van der Waals surface area (Å²) >= 11 is 0. The van der Waals surface area contributed by atoms with Crippen molar-refractivity contribution in [2.75, 3.05) is 0 Å². The molecule has 0 aliphatic carbocycles. The maximum Gasteiger partial charge on any atom is 0.471 e. The van der Waals surface area contributed by atoms with Crippen LogP contribution in [-0.2, 0) is 13.8 Å². The molecule has 0 radical (unpaired) electrons. The summed E-state index contributed by atoms with van der Waals surface area (Å²) in [6, 6.07) is 0. The Morgan fingerprint density at radius 1 is 1.29 bits per heavy atom. The summed E-state index contributed by atoms with van der Waals surface area (Å²) in [5.41, 5.74) is 0. The van der Waals surface area contributed by atoms with Crippen molar-refractivity contribution >= 4 is 7.82 Å². The van der Waals surface area contributed by atoms with E-state index in [1.807, 2.05) is 0 Å². The zero-order valence-corrected chi connectivity index (χ0v) is 7.82. The van der Waals surface area contributed by atoms with Crippen LogP contribution in [0.1, 0.15) is 6.42 Å². The van der Waals surface area contributed by atoms with Gasteiger partial charge in [0.25, 0.3) is 0 Å². The Labute approximate surface area is 78.9 Å². The first-order chi connectivity index (χ1) is 6.29. The summed E-state index contributed by atoms with van der Waals surface area (Å²) in [7, 11) is -4.74. The van der Waals surface area contributed by atoms with E-state index < -0.39 is 32.6 Å². The van der Waals surface area contributed by atoms with Gasteiger partial charge < -0.3 is 29.8 Å². The van der Waals surface area contributed by atoms with Crippen molar-refractivity contribution in [3.63, 3.8) is 0 Å². The normalized spacial score (nSPS) is 39.8. The molecule has 0 spiro atoms. The van der Waals surface area contributed by atoms with Gasteiger partial charge in [0.2, 0.25) is 0 Å². The second-order valence-corrected chi connectivity index (χ2v) is 4.04. The fourth-order valence-corrected chi connectivity index (χ4v) is 1.48. The van der Waals surface area contributed by atoms with Crippen LogP contribution in [0.15, 0.2) is 0 Å². The lowest BCUT2D eigenvalue weighted by Gasteiger charge is -2.33. The van der Waals surface area contributed by atoms with Gasteiger partial charge in [-0.2, -0.15) is 0 Å². The molecule has 1 aliphatic heterocycles. The van der Waals surface area contributed by atoms with E-state index >= 15 is 0 Å². The van der Waals surface area contributed by atoms with E-state index in [1.165, 1.54) is 0 Å². The van der Waals surface area contributed by atoms with Crippen molar-refractivity contribution in [1.29, 1.82) is 0 Å². The summed E-state index contributed by atoms with van der Waals surface area (Å²) in [4.78, 5) is 16.8. The molecule has 1 fully saturated rings. The Morgan fingerprint density at radius 2 is 1.86 bits per heavy atom. The molecule has 1 saturated heterocycles. The summed E-state index contributed by atoms with van der Waals surface area (Å²) < 4.78 is 18.9. The number of aliphatic hydroxyl groups excluding tert-OH is 3. The Kier molecular flexibility index (Phi) is 3.62. The first-order valence-electron chi connectivity index (χ1n) is 3.73. The molecule has 0 aromatic heterocycles. The van der Waals surface area contributed by atoms with Crippen LogP contribution in [0.2, 0.25) is 0 Å². The van der Waals surface area contributed by atoms with Crippen molar-refractivity contribution in [3.8, 4) is 0 Å². The standard InChI is InChI=1S/C5H11O8P/c6-2-1-3(13-14(9,10)11)12-5(8)4(2)7/h2-8H,1H2,(H2,9,10,11)/t2-,3?,4-,5+/m1/s1. The number of rotatable bonds is 2. The Balaban J connectivity index is 2.54. The zero-order valence-electron chi connectivity index (χ0n) is 6.92. The lowest BCUT2D eigenvalue weighted by Crippen LogP contribution is -2.48.